The number of rotatable bonds is 5. The van der Waals surface area contributed by atoms with Crippen molar-refractivity contribution in [1.29, 1.82) is 0 Å². The number of amides is 1. The van der Waals surface area contributed by atoms with Crippen molar-refractivity contribution in [3.8, 4) is 10.6 Å². The maximum atomic E-state index is 12.4. The van der Waals surface area contributed by atoms with Crippen LogP contribution in [0.4, 0.5) is 0 Å². The molecule has 0 radical (unpaired) electrons. The largest absolute Gasteiger partial charge is 0.442 e. The summed E-state index contributed by atoms with van der Waals surface area (Å²) in [5, 5.41) is 2.94. The Hall–Kier alpha value is -2.40. The average molecular weight is 326 g/mol. The summed E-state index contributed by atoms with van der Waals surface area (Å²) < 4.78 is 5.42. The first-order valence-electron chi connectivity index (χ1n) is 7.48. The van der Waals surface area contributed by atoms with Crippen molar-refractivity contribution in [2.75, 3.05) is 6.54 Å². The second kappa shape index (κ2) is 6.79. The van der Waals surface area contributed by atoms with Crippen molar-refractivity contribution in [3.05, 3.63) is 65.0 Å². The third-order valence-corrected chi connectivity index (χ3v) is 4.68. The van der Waals surface area contributed by atoms with Crippen molar-refractivity contribution in [2.45, 2.75) is 19.8 Å². The summed E-state index contributed by atoms with van der Waals surface area (Å²) in [7, 11) is 0. The minimum absolute atomic E-state index is 0.206. The fraction of sp³-hybridized carbons (Fsp3) is 0.222. The summed E-state index contributed by atoms with van der Waals surface area (Å²) in [5.74, 6) is 0.565. The molecule has 0 saturated carbocycles. The zero-order chi connectivity index (χ0) is 16.2. The Labute approximate surface area is 139 Å². The van der Waals surface area contributed by atoms with E-state index >= 15 is 0 Å². The van der Waals surface area contributed by atoms with Crippen molar-refractivity contribution in [2.24, 2.45) is 0 Å². The van der Waals surface area contributed by atoms with E-state index in [1.54, 1.807) is 11.3 Å². The number of carbonyl (C=O) groups is 1. The maximum Gasteiger partial charge on any atom is 0.273 e. The molecule has 4 nitrogen and oxygen atoms in total. The van der Waals surface area contributed by atoms with Crippen LogP contribution in [0.3, 0.4) is 0 Å². The Bertz CT molecular complexity index is 792. The van der Waals surface area contributed by atoms with Gasteiger partial charge in [-0.2, -0.15) is 0 Å². The molecule has 1 amide bonds. The Morgan fingerprint density at radius 1 is 1.26 bits per heavy atom. The van der Waals surface area contributed by atoms with Crippen molar-refractivity contribution < 1.29 is 9.21 Å². The molecule has 2 aromatic heterocycles. The Morgan fingerprint density at radius 2 is 2.04 bits per heavy atom. The third-order valence-electron chi connectivity index (χ3n) is 3.68. The summed E-state index contributed by atoms with van der Waals surface area (Å²) >= 11 is 1.58. The van der Waals surface area contributed by atoms with Crippen LogP contribution in [0.5, 0.6) is 0 Å². The van der Waals surface area contributed by atoms with Gasteiger partial charge in [0.25, 0.3) is 5.91 Å². The second-order valence-electron chi connectivity index (χ2n) is 5.46. The molecule has 1 atom stereocenters. The molecule has 2 heterocycles. The molecule has 1 unspecified atom stereocenters. The van der Waals surface area contributed by atoms with E-state index in [0.717, 1.165) is 4.88 Å². The molecule has 5 heteroatoms. The molecule has 0 saturated heterocycles. The SMILES string of the molecule is Cc1ccc(-c2ocnc2C(=O)NCC(C)c2ccccc2)s1. The van der Waals surface area contributed by atoms with E-state index in [4.69, 9.17) is 4.42 Å². The lowest BCUT2D eigenvalue weighted by molar-refractivity contribution is 0.0947. The van der Waals surface area contributed by atoms with Gasteiger partial charge >= 0.3 is 0 Å². The lowest BCUT2D eigenvalue weighted by Crippen LogP contribution is -2.28. The van der Waals surface area contributed by atoms with Gasteiger partial charge in [-0.1, -0.05) is 37.3 Å². The van der Waals surface area contributed by atoms with Crippen LogP contribution in [0.25, 0.3) is 10.6 Å². The second-order valence-corrected chi connectivity index (χ2v) is 6.75. The van der Waals surface area contributed by atoms with Crippen LogP contribution in [0.1, 0.15) is 33.8 Å². The molecule has 0 aliphatic rings. The maximum absolute atomic E-state index is 12.4. The Morgan fingerprint density at radius 3 is 2.74 bits per heavy atom. The van der Waals surface area contributed by atoms with E-state index in [2.05, 4.69) is 29.4 Å². The average Bonchev–Trinajstić information content (AvgIpc) is 3.21. The van der Waals surface area contributed by atoms with E-state index in [9.17, 15) is 4.79 Å². The van der Waals surface area contributed by atoms with E-state index in [1.807, 2.05) is 37.3 Å². The first kappa shape index (κ1) is 15.5. The Balaban J connectivity index is 1.69. The number of aryl methyl sites for hydroxylation is 1. The van der Waals surface area contributed by atoms with Crippen LogP contribution in [-0.2, 0) is 0 Å². The Kier molecular flexibility index (Phi) is 4.57. The van der Waals surface area contributed by atoms with Crippen molar-refractivity contribution in [1.82, 2.24) is 10.3 Å². The van der Waals surface area contributed by atoms with Gasteiger partial charge in [0.05, 0.1) is 4.88 Å². The number of thiophene rings is 1. The van der Waals surface area contributed by atoms with Gasteiger partial charge < -0.3 is 9.73 Å². The van der Waals surface area contributed by atoms with Gasteiger partial charge in [-0.15, -0.1) is 11.3 Å². The number of aromatic nitrogens is 1. The lowest BCUT2D eigenvalue weighted by atomic mass is 10.0. The van der Waals surface area contributed by atoms with Gasteiger partial charge in [0.2, 0.25) is 0 Å². The topological polar surface area (TPSA) is 55.1 Å². The number of hydrogen-bond acceptors (Lipinski definition) is 4. The van der Waals surface area contributed by atoms with Gasteiger partial charge in [-0.25, -0.2) is 4.98 Å². The van der Waals surface area contributed by atoms with Gasteiger partial charge in [0.1, 0.15) is 0 Å². The van der Waals surface area contributed by atoms with E-state index in [-0.39, 0.29) is 11.8 Å². The van der Waals surface area contributed by atoms with Crippen LogP contribution in [-0.4, -0.2) is 17.4 Å². The molecule has 3 rings (SSSR count). The fourth-order valence-electron chi connectivity index (χ4n) is 2.37. The molecule has 0 spiro atoms. The molecule has 0 fully saturated rings. The summed E-state index contributed by atoms with van der Waals surface area (Å²) in [6, 6.07) is 14.1. The van der Waals surface area contributed by atoms with Crippen LogP contribution in [0.2, 0.25) is 0 Å². The van der Waals surface area contributed by atoms with Crippen LogP contribution in [0, 0.1) is 6.92 Å². The van der Waals surface area contributed by atoms with Gasteiger partial charge in [-0.3, -0.25) is 4.79 Å². The minimum atomic E-state index is -0.206. The highest BCUT2D eigenvalue weighted by Crippen LogP contribution is 2.30. The molecule has 1 N–H and O–H groups in total. The summed E-state index contributed by atoms with van der Waals surface area (Å²) in [6.07, 6.45) is 1.32. The lowest BCUT2D eigenvalue weighted by Gasteiger charge is -2.12. The number of nitrogens with zero attached hydrogens (tertiary/aromatic N) is 1. The number of carbonyl (C=O) groups excluding carboxylic acids is 1. The third kappa shape index (κ3) is 3.51. The molecule has 0 aliphatic carbocycles. The normalized spacial score (nSPS) is 12.1. The molecule has 0 aliphatic heterocycles. The summed E-state index contributed by atoms with van der Waals surface area (Å²) in [6.45, 7) is 4.66. The number of benzene rings is 1. The predicted molar refractivity (Wildman–Crippen MR) is 91.7 cm³/mol. The van der Waals surface area contributed by atoms with Gasteiger partial charge in [0, 0.05) is 11.4 Å². The zero-order valence-corrected chi connectivity index (χ0v) is 13.9. The molecular formula is C18H18N2O2S. The molecule has 3 aromatic rings. The molecular weight excluding hydrogens is 308 g/mol. The summed E-state index contributed by atoms with van der Waals surface area (Å²) in [4.78, 5) is 18.6. The van der Waals surface area contributed by atoms with Crippen LogP contribution >= 0.6 is 11.3 Å². The smallest absolute Gasteiger partial charge is 0.273 e. The zero-order valence-electron chi connectivity index (χ0n) is 13.1. The quantitative estimate of drug-likeness (QED) is 0.763. The number of oxazole rings is 1. The van der Waals surface area contributed by atoms with Gasteiger partial charge in [0.15, 0.2) is 17.8 Å². The highest BCUT2D eigenvalue weighted by atomic mass is 32.1. The monoisotopic (exact) mass is 326 g/mol. The van der Waals surface area contributed by atoms with Crippen LogP contribution in [0.15, 0.2) is 53.3 Å². The number of hydrogen-bond donors (Lipinski definition) is 1. The highest BCUT2D eigenvalue weighted by Gasteiger charge is 2.19. The first-order valence-corrected chi connectivity index (χ1v) is 8.30. The highest BCUT2D eigenvalue weighted by molar-refractivity contribution is 7.15. The minimum Gasteiger partial charge on any atom is -0.442 e. The van der Waals surface area contributed by atoms with Gasteiger partial charge in [-0.05, 0) is 30.5 Å². The molecule has 118 valence electrons. The molecule has 23 heavy (non-hydrogen) atoms. The van der Waals surface area contributed by atoms with Crippen LogP contribution < -0.4 is 5.32 Å². The van der Waals surface area contributed by atoms with E-state index < -0.39 is 0 Å². The van der Waals surface area contributed by atoms with E-state index in [0.29, 0.717) is 18.0 Å². The molecule has 0 bridgehead atoms. The molecule has 1 aromatic carbocycles. The number of nitrogens with one attached hydrogen (secondary N) is 1. The fourth-order valence-corrected chi connectivity index (χ4v) is 3.22. The van der Waals surface area contributed by atoms with E-state index in [1.165, 1.54) is 16.8 Å². The first-order chi connectivity index (χ1) is 11.1. The standard InChI is InChI=1S/C18H18N2O2S/c1-12(14-6-4-3-5-7-14)10-19-18(21)16-17(22-11-20-16)15-9-8-13(2)23-15/h3-9,11-12H,10H2,1-2H3,(H,19,21). The van der Waals surface area contributed by atoms with Crippen molar-refractivity contribution in [3.63, 3.8) is 0 Å². The predicted octanol–water partition coefficient (Wildman–Crippen LogP) is 4.25. The van der Waals surface area contributed by atoms with Crippen molar-refractivity contribution >= 4 is 17.2 Å². The summed E-state index contributed by atoms with van der Waals surface area (Å²) in [5.41, 5.74) is 1.54.